The third kappa shape index (κ3) is 3.30. The van der Waals surface area contributed by atoms with Crippen molar-refractivity contribution < 1.29 is 19.4 Å². The van der Waals surface area contributed by atoms with Crippen LogP contribution < -0.4 is 0 Å². The molecule has 5 nitrogen and oxygen atoms in total. The van der Waals surface area contributed by atoms with E-state index in [1.54, 1.807) is 20.8 Å². The number of hydrogen-bond acceptors (Lipinski definition) is 4. The van der Waals surface area contributed by atoms with E-state index >= 15 is 0 Å². The van der Waals surface area contributed by atoms with Gasteiger partial charge in [-0.3, -0.25) is 4.90 Å². The Morgan fingerprint density at radius 3 is 2.53 bits per heavy atom. The molecule has 0 spiro atoms. The van der Waals surface area contributed by atoms with Gasteiger partial charge in [-0.1, -0.05) is 0 Å². The van der Waals surface area contributed by atoms with Crippen LogP contribution in [0.15, 0.2) is 0 Å². The molecule has 1 atom stereocenters. The van der Waals surface area contributed by atoms with E-state index in [0.717, 1.165) is 0 Å². The molecule has 1 N–H and O–H groups in total. The quantitative estimate of drug-likeness (QED) is 0.741. The van der Waals surface area contributed by atoms with Gasteiger partial charge in [0.1, 0.15) is 5.60 Å². The number of rotatable bonds is 1. The molecule has 1 heterocycles. The Bertz CT molecular complexity index is 274. The summed E-state index contributed by atoms with van der Waals surface area (Å²) in [6, 6.07) is 0. The maximum atomic E-state index is 11.6. The number of carbonyl (C=O) groups is 2. The standard InChI is InChI=1S/C9H15NO4S/c1-9(2,3)14-8(13)10-4-5-15-6(10)7(11)12/h6H,4-5H2,1-3H3,(H,11,12)/t6-/m1/s1. The monoisotopic (exact) mass is 233 g/mol. The Morgan fingerprint density at radius 2 is 2.07 bits per heavy atom. The van der Waals surface area contributed by atoms with Crippen molar-refractivity contribution in [2.24, 2.45) is 0 Å². The van der Waals surface area contributed by atoms with Gasteiger partial charge in [-0.05, 0) is 20.8 Å². The molecular formula is C9H15NO4S. The van der Waals surface area contributed by atoms with E-state index in [4.69, 9.17) is 9.84 Å². The second-order valence-corrected chi connectivity index (χ2v) is 5.42. The first-order chi connectivity index (χ1) is 6.81. The second kappa shape index (κ2) is 4.30. The molecule has 1 aliphatic rings. The molecule has 0 radical (unpaired) electrons. The largest absolute Gasteiger partial charge is 0.479 e. The molecule has 1 fully saturated rings. The fourth-order valence-electron chi connectivity index (χ4n) is 1.18. The van der Waals surface area contributed by atoms with Gasteiger partial charge >= 0.3 is 12.1 Å². The fraction of sp³-hybridized carbons (Fsp3) is 0.778. The van der Waals surface area contributed by atoms with Gasteiger partial charge in [-0.25, -0.2) is 9.59 Å². The minimum absolute atomic E-state index is 0.427. The van der Waals surface area contributed by atoms with E-state index in [1.807, 2.05) is 0 Å². The number of carbonyl (C=O) groups excluding carboxylic acids is 1. The maximum Gasteiger partial charge on any atom is 0.411 e. The van der Waals surface area contributed by atoms with E-state index in [1.165, 1.54) is 16.7 Å². The summed E-state index contributed by atoms with van der Waals surface area (Å²) >= 11 is 1.24. The Balaban J connectivity index is 2.63. The van der Waals surface area contributed by atoms with Crippen molar-refractivity contribution in [3.05, 3.63) is 0 Å². The molecule has 86 valence electrons. The number of carboxylic acid groups (broad SMARTS) is 1. The normalized spacial score (nSPS) is 21.5. The van der Waals surface area contributed by atoms with E-state index < -0.39 is 23.0 Å². The van der Waals surface area contributed by atoms with E-state index in [2.05, 4.69) is 0 Å². The van der Waals surface area contributed by atoms with E-state index in [9.17, 15) is 9.59 Å². The molecule has 1 saturated heterocycles. The zero-order valence-electron chi connectivity index (χ0n) is 9.02. The summed E-state index contributed by atoms with van der Waals surface area (Å²) in [5, 5.41) is 8.05. The van der Waals surface area contributed by atoms with E-state index in [0.29, 0.717) is 12.3 Å². The van der Waals surface area contributed by atoms with Crippen molar-refractivity contribution in [1.82, 2.24) is 4.90 Å². The zero-order chi connectivity index (χ0) is 11.6. The molecular weight excluding hydrogens is 218 g/mol. The Morgan fingerprint density at radius 1 is 1.47 bits per heavy atom. The molecule has 0 aromatic rings. The number of aliphatic carboxylic acids is 1. The van der Waals surface area contributed by atoms with Gasteiger partial charge in [0.05, 0.1) is 0 Å². The van der Waals surface area contributed by atoms with Crippen LogP contribution in [0, 0.1) is 0 Å². The Kier molecular flexibility index (Phi) is 3.49. The Labute approximate surface area is 92.8 Å². The van der Waals surface area contributed by atoms with Crippen LogP contribution in [-0.4, -0.2) is 45.3 Å². The predicted octanol–water partition coefficient (Wildman–Crippen LogP) is 1.38. The second-order valence-electron chi connectivity index (χ2n) is 4.24. The van der Waals surface area contributed by atoms with Crippen LogP contribution in [-0.2, 0) is 9.53 Å². The van der Waals surface area contributed by atoms with Crippen molar-refractivity contribution in [3.63, 3.8) is 0 Å². The molecule has 0 bridgehead atoms. The topological polar surface area (TPSA) is 66.8 Å². The van der Waals surface area contributed by atoms with Gasteiger partial charge in [0.25, 0.3) is 0 Å². The number of hydrogen-bond donors (Lipinski definition) is 1. The lowest BCUT2D eigenvalue weighted by atomic mass is 10.2. The summed E-state index contributed by atoms with van der Waals surface area (Å²) in [5.41, 5.74) is -0.590. The van der Waals surface area contributed by atoms with Crippen LogP contribution in [0.5, 0.6) is 0 Å². The van der Waals surface area contributed by atoms with Crippen LogP contribution in [0.4, 0.5) is 4.79 Å². The first-order valence-electron chi connectivity index (χ1n) is 4.65. The molecule has 15 heavy (non-hydrogen) atoms. The third-order valence-corrected chi connectivity index (χ3v) is 2.92. The van der Waals surface area contributed by atoms with E-state index in [-0.39, 0.29) is 0 Å². The molecule has 0 unspecified atom stereocenters. The average molecular weight is 233 g/mol. The smallest absolute Gasteiger partial charge is 0.411 e. The highest BCUT2D eigenvalue weighted by molar-refractivity contribution is 8.00. The van der Waals surface area contributed by atoms with Crippen LogP contribution in [0.25, 0.3) is 0 Å². The third-order valence-electron chi connectivity index (χ3n) is 1.73. The SMILES string of the molecule is CC(C)(C)OC(=O)N1CCS[C@@H]1C(=O)O. The minimum atomic E-state index is -0.997. The summed E-state index contributed by atoms with van der Waals surface area (Å²) in [6.45, 7) is 5.69. The molecule has 0 aromatic carbocycles. The van der Waals surface area contributed by atoms with Gasteiger partial charge < -0.3 is 9.84 Å². The zero-order valence-corrected chi connectivity index (χ0v) is 9.84. The van der Waals surface area contributed by atoms with Gasteiger partial charge in [0.2, 0.25) is 0 Å². The highest BCUT2D eigenvalue weighted by Gasteiger charge is 2.37. The van der Waals surface area contributed by atoms with Gasteiger partial charge in [-0.15, -0.1) is 11.8 Å². The molecule has 0 aromatic heterocycles. The van der Waals surface area contributed by atoms with Crippen LogP contribution >= 0.6 is 11.8 Å². The van der Waals surface area contributed by atoms with Crippen molar-refractivity contribution >= 4 is 23.8 Å². The molecule has 1 rings (SSSR count). The first-order valence-corrected chi connectivity index (χ1v) is 5.70. The number of amides is 1. The lowest BCUT2D eigenvalue weighted by Gasteiger charge is -2.26. The molecule has 0 aliphatic carbocycles. The molecule has 6 heteroatoms. The summed E-state index contributed by atoms with van der Waals surface area (Å²) in [5.74, 6) is -0.362. The lowest BCUT2D eigenvalue weighted by Crippen LogP contribution is -2.42. The van der Waals surface area contributed by atoms with Gasteiger partial charge in [0.15, 0.2) is 5.37 Å². The summed E-state index contributed by atoms with van der Waals surface area (Å²) in [7, 11) is 0. The van der Waals surface area contributed by atoms with Crippen molar-refractivity contribution in [1.29, 1.82) is 0 Å². The minimum Gasteiger partial charge on any atom is -0.479 e. The number of thioether (sulfide) groups is 1. The fourth-order valence-corrected chi connectivity index (χ4v) is 2.22. The highest BCUT2D eigenvalue weighted by Crippen LogP contribution is 2.25. The van der Waals surface area contributed by atoms with Gasteiger partial charge in [-0.2, -0.15) is 0 Å². The maximum absolute atomic E-state index is 11.6. The first kappa shape index (κ1) is 12.2. The molecule has 0 saturated carbocycles. The van der Waals surface area contributed by atoms with Crippen molar-refractivity contribution in [3.8, 4) is 0 Å². The Hall–Kier alpha value is -0.910. The van der Waals surface area contributed by atoms with Crippen molar-refractivity contribution in [2.75, 3.05) is 12.3 Å². The predicted molar refractivity (Wildman–Crippen MR) is 56.8 cm³/mol. The number of nitrogens with zero attached hydrogens (tertiary/aromatic N) is 1. The summed E-state index contributed by atoms with van der Waals surface area (Å²) < 4.78 is 5.11. The summed E-state index contributed by atoms with van der Waals surface area (Å²) in [6.07, 6.45) is -0.556. The van der Waals surface area contributed by atoms with Gasteiger partial charge in [0, 0.05) is 12.3 Å². The number of carboxylic acids is 1. The number of ether oxygens (including phenoxy) is 1. The van der Waals surface area contributed by atoms with Crippen molar-refractivity contribution in [2.45, 2.75) is 31.7 Å². The molecule has 1 aliphatic heterocycles. The average Bonchev–Trinajstić information content (AvgIpc) is 2.47. The highest BCUT2D eigenvalue weighted by atomic mass is 32.2. The van der Waals surface area contributed by atoms with Crippen LogP contribution in [0.2, 0.25) is 0 Å². The van der Waals surface area contributed by atoms with Crippen LogP contribution in [0.1, 0.15) is 20.8 Å². The van der Waals surface area contributed by atoms with Crippen LogP contribution in [0.3, 0.4) is 0 Å². The molecule has 1 amide bonds. The lowest BCUT2D eigenvalue weighted by molar-refractivity contribution is -0.139. The summed E-state index contributed by atoms with van der Waals surface area (Å²) in [4.78, 5) is 23.7.